The van der Waals surface area contributed by atoms with Crippen LogP contribution in [0.1, 0.15) is 17.0 Å². The van der Waals surface area contributed by atoms with Crippen molar-refractivity contribution in [1.29, 1.82) is 0 Å². The first-order valence-corrected chi connectivity index (χ1v) is 6.35. The van der Waals surface area contributed by atoms with Crippen LogP contribution in [0.4, 0.5) is 5.69 Å². The molecule has 0 radical (unpaired) electrons. The Morgan fingerprint density at radius 2 is 2.00 bits per heavy atom. The van der Waals surface area contributed by atoms with Crippen LogP contribution in [0.5, 0.6) is 0 Å². The van der Waals surface area contributed by atoms with Crippen LogP contribution < -0.4 is 5.73 Å². The molecule has 0 saturated carbocycles. The van der Waals surface area contributed by atoms with Gasteiger partial charge < -0.3 is 5.73 Å². The normalized spacial score (nSPS) is 11.3. The summed E-state index contributed by atoms with van der Waals surface area (Å²) in [6.07, 6.45) is 0. The monoisotopic (exact) mass is 260 g/mol. The topological polar surface area (TPSA) is 77.8 Å². The number of thiophene rings is 1. The Labute approximate surface area is 108 Å². The van der Waals surface area contributed by atoms with E-state index in [1.54, 1.807) is 0 Å². The quantitative estimate of drug-likeness (QED) is 0.728. The largest absolute Gasteiger partial charge is 0.397 e. The lowest BCUT2D eigenvalue weighted by Gasteiger charge is -1.99. The molecule has 6 heteroatoms. The second-order valence-electron chi connectivity index (χ2n) is 4.30. The van der Waals surface area contributed by atoms with Crippen LogP contribution in [-0.4, -0.2) is 15.3 Å². The van der Waals surface area contributed by atoms with Crippen molar-refractivity contribution >= 4 is 27.2 Å². The molecule has 0 aliphatic rings. The van der Waals surface area contributed by atoms with Crippen molar-refractivity contribution in [2.24, 2.45) is 0 Å². The SMILES string of the molecule is Cc1cc(C)c2c(N)c(-c3nonc3C)sc2n1. The van der Waals surface area contributed by atoms with Gasteiger partial charge in [-0.3, -0.25) is 0 Å². The highest BCUT2D eigenvalue weighted by Crippen LogP contribution is 2.41. The van der Waals surface area contributed by atoms with Gasteiger partial charge in [-0.05, 0) is 37.6 Å². The maximum absolute atomic E-state index is 6.21. The van der Waals surface area contributed by atoms with E-state index in [4.69, 9.17) is 10.4 Å². The number of aryl methyl sites for hydroxylation is 3. The van der Waals surface area contributed by atoms with Crippen LogP contribution in [0.25, 0.3) is 20.8 Å². The Morgan fingerprint density at radius 3 is 2.67 bits per heavy atom. The van der Waals surface area contributed by atoms with Gasteiger partial charge in [-0.15, -0.1) is 11.3 Å². The summed E-state index contributed by atoms with van der Waals surface area (Å²) in [7, 11) is 0. The van der Waals surface area contributed by atoms with E-state index in [0.29, 0.717) is 11.4 Å². The van der Waals surface area contributed by atoms with Crippen LogP contribution in [0.2, 0.25) is 0 Å². The third-order valence-electron chi connectivity index (χ3n) is 2.89. The molecule has 2 N–H and O–H groups in total. The maximum atomic E-state index is 6.21. The second-order valence-corrected chi connectivity index (χ2v) is 5.30. The molecule has 3 aromatic heterocycles. The second kappa shape index (κ2) is 3.78. The molecule has 0 aromatic carbocycles. The molecule has 0 aliphatic carbocycles. The number of aromatic nitrogens is 3. The van der Waals surface area contributed by atoms with Gasteiger partial charge in [-0.25, -0.2) is 9.61 Å². The lowest BCUT2D eigenvalue weighted by Crippen LogP contribution is -1.90. The highest BCUT2D eigenvalue weighted by molar-refractivity contribution is 7.22. The fraction of sp³-hybridized carbons (Fsp3) is 0.250. The predicted octanol–water partition coefficient (Wildman–Crippen LogP) is 2.85. The highest BCUT2D eigenvalue weighted by Gasteiger charge is 2.19. The van der Waals surface area contributed by atoms with E-state index in [9.17, 15) is 0 Å². The third kappa shape index (κ3) is 1.49. The van der Waals surface area contributed by atoms with E-state index in [0.717, 1.165) is 32.0 Å². The fourth-order valence-electron chi connectivity index (χ4n) is 2.08. The predicted molar refractivity (Wildman–Crippen MR) is 71.5 cm³/mol. The summed E-state index contributed by atoms with van der Waals surface area (Å²) < 4.78 is 4.74. The zero-order valence-corrected chi connectivity index (χ0v) is 11.1. The number of fused-ring (bicyclic) bond motifs is 1. The number of nitrogens with zero attached hydrogens (tertiary/aromatic N) is 3. The van der Waals surface area contributed by atoms with Gasteiger partial charge in [0, 0.05) is 11.1 Å². The summed E-state index contributed by atoms with van der Waals surface area (Å²) in [5.74, 6) is 0. The summed E-state index contributed by atoms with van der Waals surface area (Å²) in [6.45, 7) is 5.86. The van der Waals surface area contributed by atoms with Crippen LogP contribution in [0, 0.1) is 20.8 Å². The molecule has 5 nitrogen and oxygen atoms in total. The number of hydrogen-bond acceptors (Lipinski definition) is 6. The van der Waals surface area contributed by atoms with E-state index >= 15 is 0 Å². The fourth-order valence-corrected chi connectivity index (χ4v) is 3.33. The molecule has 0 aliphatic heterocycles. The summed E-state index contributed by atoms with van der Waals surface area (Å²) in [5.41, 5.74) is 10.5. The van der Waals surface area contributed by atoms with E-state index in [1.165, 1.54) is 11.3 Å². The van der Waals surface area contributed by atoms with Gasteiger partial charge >= 0.3 is 0 Å². The van der Waals surface area contributed by atoms with E-state index in [-0.39, 0.29) is 0 Å². The minimum Gasteiger partial charge on any atom is -0.397 e. The minimum absolute atomic E-state index is 0.701. The van der Waals surface area contributed by atoms with Crippen molar-refractivity contribution in [1.82, 2.24) is 15.3 Å². The van der Waals surface area contributed by atoms with Gasteiger partial charge in [0.05, 0.1) is 10.6 Å². The average Bonchev–Trinajstić information content (AvgIpc) is 2.82. The smallest absolute Gasteiger partial charge is 0.150 e. The van der Waals surface area contributed by atoms with Gasteiger partial charge in [0.1, 0.15) is 16.2 Å². The summed E-state index contributed by atoms with van der Waals surface area (Å²) in [5, 5.41) is 8.70. The zero-order chi connectivity index (χ0) is 12.9. The number of nitrogens with two attached hydrogens (primary N) is 1. The molecule has 0 amide bonds. The van der Waals surface area contributed by atoms with Crippen molar-refractivity contribution < 1.29 is 4.63 Å². The average molecular weight is 260 g/mol. The van der Waals surface area contributed by atoms with Gasteiger partial charge in [-0.2, -0.15) is 0 Å². The van der Waals surface area contributed by atoms with Crippen molar-refractivity contribution in [2.75, 3.05) is 5.73 Å². The molecule has 3 rings (SSSR count). The van der Waals surface area contributed by atoms with E-state index in [2.05, 4.69) is 15.3 Å². The number of nitrogen functional groups attached to an aromatic ring is 1. The Balaban J connectivity index is 2.36. The first-order chi connectivity index (χ1) is 8.58. The molecule has 0 unspecified atom stereocenters. The lowest BCUT2D eigenvalue weighted by atomic mass is 10.1. The van der Waals surface area contributed by atoms with Crippen molar-refractivity contribution in [3.8, 4) is 10.6 Å². The standard InChI is InChI=1S/C12H12N4OS/c1-5-4-6(2)14-12-8(5)9(13)11(18-12)10-7(3)15-17-16-10/h4H,13H2,1-3H3. The summed E-state index contributed by atoms with van der Waals surface area (Å²) in [6, 6.07) is 2.03. The number of anilines is 1. The third-order valence-corrected chi connectivity index (χ3v) is 4.00. The molecule has 18 heavy (non-hydrogen) atoms. The molecule has 0 saturated heterocycles. The molecule has 0 atom stereocenters. The maximum Gasteiger partial charge on any atom is 0.150 e. The first kappa shape index (κ1) is 11.2. The number of rotatable bonds is 1. The minimum atomic E-state index is 0.701. The van der Waals surface area contributed by atoms with Gasteiger partial charge in [-0.1, -0.05) is 5.16 Å². The van der Waals surface area contributed by atoms with Crippen molar-refractivity contribution in [2.45, 2.75) is 20.8 Å². The van der Waals surface area contributed by atoms with E-state index in [1.807, 2.05) is 26.8 Å². The molecule has 0 fully saturated rings. The molecule has 0 spiro atoms. The van der Waals surface area contributed by atoms with Crippen LogP contribution in [0.15, 0.2) is 10.7 Å². The number of hydrogen-bond donors (Lipinski definition) is 1. The van der Waals surface area contributed by atoms with Gasteiger partial charge in [0.15, 0.2) is 0 Å². The molecule has 3 aromatic rings. The summed E-state index contributed by atoms with van der Waals surface area (Å²) >= 11 is 1.53. The summed E-state index contributed by atoms with van der Waals surface area (Å²) in [4.78, 5) is 6.33. The van der Waals surface area contributed by atoms with Crippen molar-refractivity contribution in [3.63, 3.8) is 0 Å². The molecule has 0 bridgehead atoms. The van der Waals surface area contributed by atoms with Crippen LogP contribution in [-0.2, 0) is 0 Å². The van der Waals surface area contributed by atoms with Gasteiger partial charge in [0.25, 0.3) is 0 Å². The Hall–Kier alpha value is -1.95. The molecule has 92 valence electrons. The molecular weight excluding hydrogens is 248 g/mol. The number of pyridine rings is 1. The Kier molecular flexibility index (Phi) is 2.34. The first-order valence-electron chi connectivity index (χ1n) is 5.53. The van der Waals surface area contributed by atoms with Gasteiger partial charge in [0.2, 0.25) is 0 Å². The molecular formula is C12H12N4OS. The Morgan fingerprint density at radius 1 is 1.22 bits per heavy atom. The molecule has 3 heterocycles. The highest BCUT2D eigenvalue weighted by atomic mass is 32.1. The van der Waals surface area contributed by atoms with E-state index < -0.39 is 0 Å². The zero-order valence-electron chi connectivity index (χ0n) is 10.3. The Bertz CT molecular complexity index is 744. The van der Waals surface area contributed by atoms with Crippen LogP contribution in [0.3, 0.4) is 0 Å². The van der Waals surface area contributed by atoms with Crippen LogP contribution >= 0.6 is 11.3 Å². The van der Waals surface area contributed by atoms with Crippen molar-refractivity contribution in [3.05, 3.63) is 23.0 Å². The lowest BCUT2D eigenvalue weighted by molar-refractivity contribution is 0.306.